The molecule has 1 fully saturated rings. The number of ether oxygens (including phenoxy) is 1. The van der Waals surface area contributed by atoms with Gasteiger partial charge in [-0.3, -0.25) is 9.48 Å². The number of nitrogens with zero attached hydrogens (tertiary/aromatic N) is 2. The molecular formula is C13H20BrN3O2. The molecule has 0 aliphatic carbocycles. The lowest BCUT2D eigenvalue weighted by Crippen LogP contribution is -2.32. The molecule has 0 radical (unpaired) electrons. The molecule has 0 aromatic carbocycles. The van der Waals surface area contributed by atoms with Crippen molar-refractivity contribution in [2.45, 2.75) is 45.8 Å². The molecule has 0 spiro atoms. The van der Waals surface area contributed by atoms with Crippen LogP contribution in [0.25, 0.3) is 0 Å². The van der Waals surface area contributed by atoms with Crippen LogP contribution in [0.5, 0.6) is 0 Å². The molecule has 1 N–H and O–H groups in total. The van der Waals surface area contributed by atoms with Gasteiger partial charge in [0.15, 0.2) is 0 Å². The third-order valence-corrected chi connectivity index (χ3v) is 4.54. The summed E-state index contributed by atoms with van der Waals surface area (Å²) in [5.74, 6) is 0.0548. The molecule has 1 saturated heterocycles. The van der Waals surface area contributed by atoms with E-state index in [9.17, 15) is 4.79 Å². The highest BCUT2D eigenvalue weighted by molar-refractivity contribution is 9.10. The Labute approximate surface area is 121 Å². The highest BCUT2D eigenvalue weighted by atomic mass is 79.9. The average molecular weight is 330 g/mol. The Balaban J connectivity index is 1.75. The molecule has 0 bridgehead atoms. The zero-order valence-corrected chi connectivity index (χ0v) is 13.0. The summed E-state index contributed by atoms with van der Waals surface area (Å²) in [5.41, 5.74) is 2.02. The summed E-state index contributed by atoms with van der Waals surface area (Å²) >= 11 is 3.48. The highest BCUT2D eigenvalue weighted by Gasteiger charge is 2.16. The van der Waals surface area contributed by atoms with E-state index in [1.807, 2.05) is 18.5 Å². The number of aryl methyl sites for hydroxylation is 2. The van der Waals surface area contributed by atoms with Crippen LogP contribution < -0.4 is 5.32 Å². The van der Waals surface area contributed by atoms with Gasteiger partial charge >= 0.3 is 0 Å². The van der Waals surface area contributed by atoms with Gasteiger partial charge in [0, 0.05) is 25.3 Å². The average Bonchev–Trinajstić information content (AvgIpc) is 2.99. The van der Waals surface area contributed by atoms with E-state index in [2.05, 4.69) is 26.3 Å². The number of carbonyl (C=O) groups excluding carboxylic acids is 1. The fraction of sp³-hybridized carbons (Fsp3) is 0.692. The number of carbonyl (C=O) groups is 1. The monoisotopic (exact) mass is 329 g/mol. The van der Waals surface area contributed by atoms with E-state index in [1.165, 1.54) is 0 Å². The normalized spacial score (nSPS) is 18.8. The van der Waals surface area contributed by atoms with Gasteiger partial charge in [0.1, 0.15) is 0 Å². The second kappa shape index (κ2) is 6.52. The van der Waals surface area contributed by atoms with Crippen LogP contribution in [0, 0.1) is 13.8 Å². The van der Waals surface area contributed by atoms with Crippen molar-refractivity contribution in [3.8, 4) is 0 Å². The van der Waals surface area contributed by atoms with Crippen LogP contribution in [0.4, 0.5) is 0 Å². The number of halogens is 1. The Kier molecular flexibility index (Phi) is 4.99. The predicted molar refractivity (Wildman–Crippen MR) is 76.0 cm³/mol. The number of nitrogens with one attached hydrogen (secondary N) is 1. The van der Waals surface area contributed by atoms with Crippen molar-refractivity contribution in [2.24, 2.45) is 0 Å². The Hall–Kier alpha value is -0.880. The third kappa shape index (κ3) is 3.79. The van der Waals surface area contributed by atoms with Crippen LogP contribution >= 0.6 is 15.9 Å². The molecule has 6 heteroatoms. The van der Waals surface area contributed by atoms with Gasteiger partial charge < -0.3 is 10.1 Å². The summed E-state index contributed by atoms with van der Waals surface area (Å²) in [5, 5.41) is 7.30. The van der Waals surface area contributed by atoms with Crippen molar-refractivity contribution >= 4 is 21.8 Å². The summed E-state index contributed by atoms with van der Waals surface area (Å²) in [6, 6.07) is 0. The molecule has 2 heterocycles. The maximum atomic E-state index is 11.8. The molecule has 106 valence electrons. The zero-order valence-electron chi connectivity index (χ0n) is 11.4. The second-order valence-corrected chi connectivity index (χ2v) is 5.69. The van der Waals surface area contributed by atoms with Gasteiger partial charge in [-0.2, -0.15) is 5.10 Å². The van der Waals surface area contributed by atoms with Crippen LogP contribution in [0.15, 0.2) is 4.47 Å². The molecule has 1 aliphatic rings. The van der Waals surface area contributed by atoms with E-state index < -0.39 is 0 Å². The third-order valence-electron chi connectivity index (χ3n) is 3.39. The topological polar surface area (TPSA) is 56.2 Å². The number of amides is 1. The van der Waals surface area contributed by atoms with Crippen molar-refractivity contribution in [3.63, 3.8) is 0 Å². The first-order chi connectivity index (χ1) is 9.08. The van der Waals surface area contributed by atoms with E-state index in [0.717, 1.165) is 35.3 Å². The van der Waals surface area contributed by atoms with Gasteiger partial charge in [-0.05, 0) is 42.6 Å². The highest BCUT2D eigenvalue weighted by Crippen LogP contribution is 2.19. The van der Waals surface area contributed by atoms with Crippen molar-refractivity contribution in [1.29, 1.82) is 0 Å². The quantitative estimate of drug-likeness (QED) is 0.898. The first-order valence-corrected chi connectivity index (χ1v) is 7.45. The summed E-state index contributed by atoms with van der Waals surface area (Å²) < 4.78 is 8.35. The summed E-state index contributed by atoms with van der Waals surface area (Å²) in [6.45, 7) is 6.00. The van der Waals surface area contributed by atoms with Crippen LogP contribution in [0.1, 0.15) is 30.7 Å². The van der Waals surface area contributed by atoms with E-state index in [0.29, 0.717) is 19.5 Å². The fourth-order valence-corrected chi connectivity index (χ4v) is 2.51. The van der Waals surface area contributed by atoms with Crippen molar-refractivity contribution in [1.82, 2.24) is 15.1 Å². The second-order valence-electron chi connectivity index (χ2n) is 4.90. The first kappa shape index (κ1) is 14.5. The SMILES string of the molecule is Cc1nn(CCC(=O)NCC2CCCO2)c(C)c1Br. The molecule has 19 heavy (non-hydrogen) atoms. The molecule has 1 aliphatic heterocycles. The van der Waals surface area contributed by atoms with Crippen molar-refractivity contribution in [3.05, 3.63) is 15.9 Å². The van der Waals surface area contributed by atoms with E-state index >= 15 is 0 Å². The van der Waals surface area contributed by atoms with E-state index in [4.69, 9.17) is 4.74 Å². The van der Waals surface area contributed by atoms with E-state index in [-0.39, 0.29) is 12.0 Å². The minimum absolute atomic E-state index is 0.0548. The molecule has 0 saturated carbocycles. The lowest BCUT2D eigenvalue weighted by atomic mass is 10.2. The Morgan fingerprint density at radius 1 is 1.58 bits per heavy atom. The predicted octanol–water partition coefficient (Wildman–Crippen LogP) is 1.95. The Morgan fingerprint density at radius 2 is 2.37 bits per heavy atom. The van der Waals surface area contributed by atoms with Crippen molar-refractivity contribution < 1.29 is 9.53 Å². The van der Waals surface area contributed by atoms with Gasteiger partial charge in [-0.15, -0.1) is 0 Å². The Bertz CT molecular complexity index is 453. The minimum Gasteiger partial charge on any atom is -0.376 e. The molecule has 1 aromatic heterocycles. The van der Waals surface area contributed by atoms with Crippen LogP contribution in [-0.2, 0) is 16.1 Å². The maximum absolute atomic E-state index is 11.8. The summed E-state index contributed by atoms with van der Waals surface area (Å²) in [6.07, 6.45) is 2.79. The summed E-state index contributed by atoms with van der Waals surface area (Å²) in [7, 11) is 0. The molecule has 1 unspecified atom stereocenters. The molecule has 5 nitrogen and oxygen atoms in total. The standard InChI is InChI=1S/C13H20BrN3O2/c1-9-13(14)10(2)17(16-9)6-5-12(18)15-8-11-4-3-7-19-11/h11H,3-8H2,1-2H3,(H,15,18). The molecule has 2 rings (SSSR count). The molecule has 1 atom stereocenters. The summed E-state index contributed by atoms with van der Waals surface area (Å²) in [4.78, 5) is 11.8. The largest absolute Gasteiger partial charge is 0.376 e. The van der Waals surface area contributed by atoms with Crippen LogP contribution in [-0.4, -0.2) is 34.9 Å². The van der Waals surface area contributed by atoms with Crippen molar-refractivity contribution in [2.75, 3.05) is 13.2 Å². The molecular weight excluding hydrogens is 310 g/mol. The van der Waals surface area contributed by atoms with Gasteiger partial charge in [0.2, 0.25) is 5.91 Å². The number of hydrogen-bond donors (Lipinski definition) is 1. The van der Waals surface area contributed by atoms with Gasteiger partial charge in [0.25, 0.3) is 0 Å². The number of rotatable bonds is 5. The molecule has 1 aromatic rings. The fourth-order valence-electron chi connectivity index (χ4n) is 2.22. The first-order valence-electron chi connectivity index (χ1n) is 6.65. The smallest absolute Gasteiger partial charge is 0.221 e. The lowest BCUT2D eigenvalue weighted by molar-refractivity contribution is -0.121. The minimum atomic E-state index is 0.0548. The number of aromatic nitrogens is 2. The lowest BCUT2D eigenvalue weighted by Gasteiger charge is -2.11. The Morgan fingerprint density at radius 3 is 2.95 bits per heavy atom. The zero-order chi connectivity index (χ0) is 13.8. The van der Waals surface area contributed by atoms with Gasteiger partial charge in [-0.25, -0.2) is 0 Å². The maximum Gasteiger partial charge on any atom is 0.221 e. The number of hydrogen-bond acceptors (Lipinski definition) is 3. The van der Waals surface area contributed by atoms with E-state index in [1.54, 1.807) is 0 Å². The molecule has 1 amide bonds. The van der Waals surface area contributed by atoms with Crippen LogP contribution in [0.3, 0.4) is 0 Å². The van der Waals surface area contributed by atoms with Gasteiger partial charge in [0.05, 0.1) is 22.8 Å². The van der Waals surface area contributed by atoms with Gasteiger partial charge in [-0.1, -0.05) is 0 Å². The van der Waals surface area contributed by atoms with Crippen LogP contribution in [0.2, 0.25) is 0 Å².